The first-order chi connectivity index (χ1) is 8.58. The molecule has 0 aliphatic carbocycles. The molecule has 0 aliphatic rings. The fourth-order valence-electron chi connectivity index (χ4n) is 1.70. The fourth-order valence-corrected chi connectivity index (χ4v) is 1.70. The lowest BCUT2D eigenvalue weighted by Gasteiger charge is -2.07. The summed E-state index contributed by atoms with van der Waals surface area (Å²) in [4.78, 5) is 11.9. The van der Waals surface area contributed by atoms with Crippen molar-refractivity contribution in [2.75, 3.05) is 0 Å². The highest BCUT2D eigenvalue weighted by atomic mass is 16.3. The molecular formula is C14H16N2O2. The molecule has 0 spiro atoms. The van der Waals surface area contributed by atoms with Crippen molar-refractivity contribution in [3.8, 4) is 5.75 Å². The first kappa shape index (κ1) is 12.2. The van der Waals surface area contributed by atoms with Crippen LogP contribution < -0.4 is 5.32 Å². The minimum Gasteiger partial charge on any atom is -0.508 e. The van der Waals surface area contributed by atoms with Gasteiger partial charge in [-0.1, -0.05) is 6.07 Å². The number of aromatic hydroxyl groups is 1. The maximum atomic E-state index is 11.9. The summed E-state index contributed by atoms with van der Waals surface area (Å²) < 4.78 is 1.95. The van der Waals surface area contributed by atoms with Crippen molar-refractivity contribution < 1.29 is 9.90 Å². The Morgan fingerprint density at radius 2 is 2.17 bits per heavy atom. The van der Waals surface area contributed by atoms with Crippen molar-refractivity contribution in [3.05, 3.63) is 53.3 Å². The second-order valence-corrected chi connectivity index (χ2v) is 4.29. The van der Waals surface area contributed by atoms with Gasteiger partial charge >= 0.3 is 0 Å². The second kappa shape index (κ2) is 4.96. The van der Waals surface area contributed by atoms with Gasteiger partial charge in [-0.3, -0.25) is 4.79 Å². The number of rotatable bonds is 3. The van der Waals surface area contributed by atoms with Gasteiger partial charge in [0.1, 0.15) is 5.75 Å². The molecule has 0 bridgehead atoms. The third-order valence-corrected chi connectivity index (χ3v) is 2.95. The summed E-state index contributed by atoms with van der Waals surface area (Å²) in [5, 5.41) is 12.4. The van der Waals surface area contributed by atoms with Gasteiger partial charge in [0.2, 0.25) is 0 Å². The normalized spacial score (nSPS) is 10.3. The summed E-state index contributed by atoms with van der Waals surface area (Å²) in [6.45, 7) is 2.26. The molecule has 0 saturated heterocycles. The van der Waals surface area contributed by atoms with Crippen molar-refractivity contribution in [1.82, 2.24) is 9.88 Å². The third kappa shape index (κ3) is 2.53. The number of phenolic OH excluding ortho intramolecular Hbond substituents is 1. The molecule has 1 aromatic carbocycles. The molecule has 1 aromatic heterocycles. The van der Waals surface area contributed by atoms with Gasteiger partial charge in [0.05, 0.1) is 6.54 Å². The number of aromatic nitrogens is 1. The molecular weight excluding hydrogens is 228 g/mol. The number of phenols is 1. The van der Waals surface area contributed by atoms with Crippen molar-refractivity contribution in [2.45, 2.75) is 13.5 Å². The molecule has 94 valence electrons. The van der Waals surface area contributed by atoms with Crippen molar-refractivity contribution in [2.24, 2.45) is 7.05 Å². The molecule has 18 heavy (non-hydrogen) atoms. The molecule has 1 amide bonds. The van der Waals surface area contributed by atoms with Crippen molar-refractivity contribution in [1.29, 1.82) is 0 Å². The van der Waals surface area contributed by atoms with Crippen LogP contribution in [0.1, 0.15) is 21.6 Å². The Morgan fingerprint density at radius 3 is 2.78 bits per heavy atom. The van der Waals surface area contributed by atoms with Crippen LogP contribution in [-0.4, -0.2) is 15.6 Å². The molecule has 0 radical (unpaired) electrons. The highest BCUT2D eigenvalue weighted by Crippen LogP contribution is 2.17. The molecule has 2 rings (SSSR count). The second-order valence-electron chi connectivity index (χ2n) is 4.29. The molecule has 2 aromatic rings. The minimum atomic E-state index is -0.188. The highest BCUT2D eigenvalue weighted by Gasteiger charge is 2.08. The van der Waals surface area contributed by atoms with E-state index < -0.39 is 0 Å². The predicted octanol–water partition coefficient (Wildman–Crippen LogP) is 1.97. The lowest BCUT2D eigenvalue weighted by molar-refractivity contribution is 0.0949. The van der Waals surface area contributed by atoms with Gasteiger partial charge < -0.3 is 15.0 Å². The number of nitrogens with one attached hydrogen (secondary N) is 1. The zero-order chi connectivity index (χ0) is 13.1. The zero-order valence-electron chi connectivity index (χ0n) is 10.5. The largest absolute Gasteiger partial charge is 0.508 e. The van der Waals surface area contributed by atoms with E-state index in [4.69, 9.17) is 0 Å². The highest BCUT2D eigenvalue weighted by molar-refractivity contribution is 5.94. The van der Waals surface area contributed by atoms with Crippen LogP contribution in [0.3, 0.4) is 0 Å². The van der Waals surface area contributed by atoms with Gasteiger partial charge in [0.15, 0.2) is 0 Å². The SMILES string of the molecule is Cc1ccc(C(=O)NCc2cccn2C)cc1O. The average molecular weight is 244 g/mol. The van der Waals surface area contributed by atoms with E-state index in [1.54, 1.807) is 19.1 Å². The smallest absolute Gasteiger partial charge is 0.251 e. The summed E-state index contributed by atoms with van der Waals surface area (Å²) in [7, 11) is 1.93. The number of nitrogens with zero attached hydrogens (tertiary/aromatic N) is 1. The first-order valence-electron chi connectivity index (χ1n) is 5.76. The van der Waals surface area contributed by atoms with E-state index in [0.29, 0.717) is 12.1 Å². The summed E-state index contributed by atoms with van der Waals surface area (Å²) >= 11 is 0. The lowest BCUT2D eigenvalue weighted by Crippen LogP contribution is -2.23. The van der Waals surface area contributed by atoms with Gasteiger partial charge in [-0.2, -0.15) is 0 Å². The molecule has 0 aliphatic heterocycles. The van der Waals surface area contributed by atoms with E-state index in [0.717, 1.165) is 11.3 Å². The quantitative estimate of drug-likeness (QED) is 0.867. The van der Waals surface area contributed by atoms with Crippen LogP contribution in [0.15, 0.2) is 36.5 Å². The van der Waals surface area contributed by atoms with Crippen LogP contribution in [-0.2, 0) is 13.6 Å². The van der Waals surface area contributed by atoms with E-state index in [-0.39, 0.29) is 11.7 Å². The number of carbonyl (C=O) groups excluding carboxylic acids is 1. The Hall–Kier alpha value is -2.23. The summed E-state index contributed by atoms with van der Waals surface area (Å²) in [6, 6.07) is 8.80. The first-order valence-corrected chi connectivity index (χ1v) is 5.76. The molecule has 0 unspecified atom stereocenters. The summed E-state index contributed by atoms with van der Waals surface area (Å²) in [5.41, 5.74) is 2.25. The molecule has 4 heteroatoms. The van der Waals surface area contributed by atoms with Gasteiger partial charge in [-0.25, -0.2) is 0 Å². The standard InChI is InChI=1S/C14H16N2O2/c1-10-5-6-11(8-13(10)17)14(18)15-9-12-4-3-7-16(12)2/h3-8,17H,9H2,1-2H3,(H,15,18). The number of hydrogen-bond acceptors (Lipinski definition) is 2. The van der Waals surface area contributed by atoms with E-state index in [9.17, 15) is 9.90 Å². The molecule has 0 atom stereocenters. The average Bonchev–Trinajstić information content (AvgIpc) is 2.75. The van der Waals surface area contributed by atoms with Crippen LogP contribution >= 0.6 is 0 Å². The Bertz CT molecular complexity index is 573. The van der Waals surface area contributed by atoms with Crippen LogP contribution in [0, 0.1) is 6.92 Å². The monoisotopic (exact) mass is 244 g/mol. The Balaban J connectivity index is 2.04. The fraction of sp³-hybridized carbons (Fsp3) is 0.214. The number of aryl methyl sites for hydroxylation is 2. The van der Waals surface area contributed by atoms with Crippen LogP contribution in [0.25, 0.3) is 0 Å². The van der Waals surface area contributed by atoms with Crippen LogP contribution in [0.4, 0.5) is 0 Å². The Morgan fingerprint density at radius 1 is 1.39 bits per heavy atom. The number of hydrogen-bond donors (Lipinski definition) is 2. The van der Waals surface area contributed by atoms with Gasteiger partial charge in [0.25, 0.3) is 5.91 Å². The van der Waals surface area contributed by atoms with Gasteiger partial charge in [-0.05, 0) is 36.8 Å². The molecule has 0 saturated carbocycles. The van der Waals surface area contributed by atoms with Crippen LogP contribution in [0.5, 0.6) is 5.75 Å². The summed E-state index contributed by atoms with van der Waals surface area (Å²) in [6.07, 6.45) is 1.93. The van der Waals surface area contributed by atoms with E-state index >= 15 is 0 Å². The van der Waals surface area contributed by atoms with Gasteiger partial charge in [0, 0.05) is 24.5 Å². The van der Waals surface area contributed by atoms with Gasteiger partial charge in [-0.15, -0.1) is 0 Å². The molecule has 4 nitrogen and oxygen atoms in total. The number of carbonyl (C=O) groups is 1. The maximum absolute atomic E-state index is 11.9. The van der Waals surface area contributed by atoms with Crippen molar-refractivity contribution in [3.63, 3.8) is 0 Å². The topological polar surface area (TPSA) is 54.3 Å². The Kier molecular flexibility index (Phi) is 3.37. The van der Waals surface area contributed by atoms with Crippen LogP contribution in [0.2, 0.25) is 0 Å². The molecule has 0 fully saturated rings. The lowest BCUT2D eigenvalue weighted by atomic mass is 10.1. The minimum absolute atomic E-state index is 0.140. The zero-order valence-corrected chi connectivity index (χ0v) is 10.5. The summed E-state index contributed by atoms with van der Waals surface area (Å²) in [5.74, 6) is -0.0481. The third-order valence-electron chi connectivity index (χ3n) is 2.95. The maximum Gasteiger partial charge on any atom is 0.251 e. The Labute approximate surface area is 106 Å². The molecule has 1 heterocycles. The predicted molar refractivity (Wildman–Crippen MR) is 69.4 cm³/mol. The van der Waals surface area contributed by atoms with E-state index in [1.807, 2.05) is 29.9 Å². The van der Waals surface area contributed by atoms with E-state index in [2.05, 4.69) is 5.32 Å². The molecule has 2 N–H and O–H groups in total. The van der Waals surface area contributed by atoms with Crippen molar-refractivity contribution >= 4 is 5.91 Å². The van der Waals surface area contributed by atoms with E-state index in [1.165, 1.54) is 6.07 Å². The number of amides is 1. The number of benzene rings is 1.